The van der Waals surface area contributed by atoms with E-state index in [1.54, 1.807) is 12.0 Å². The number of rotatable bonds is 5. The van der Waals surface area contributed by atoms with Crippen molar-refractivity contribution in [2.24, 2.45) is 0 Å². The largest absolute Gasteiger partial charge is 0.497 e. The van der Waals surface area contributed by atoms with Crippen LogP contribution in [0.3, 0.4) is 0 Å². The zero-order chi connectivity index (χ0) is 19.2. The summed E-state index contributed by atoms with van der Waals surface area (Å²) in [5.74, 6) is 1.35. The number of aromatic amines is 1. The Morgan fingerprint density at radius 2 is 2.04 bits per heavy atom. The topological polar surface area (TPSA) is 92.4 Å². The Kier molecular flexibility index (Phi) is 4.46. The number of H-pyrrole nitrogens is 1. The first kappa shape index (κ1) is 18.0. The molecule has 2 heterocycles. The van der Waals surface area contributed by atoms with Crippen LogP contribution in [-0.2, 0) is 9.84 Å². The van der Waals surface area contributed by atoms with Gasteiger partial charge in [-0.2, -0.15) is 0 Å². The predicted molar refractivity (Wildman–Crippen MR) is 102 cm³/mol. The maximum absolute atomic E-state index is 13.2. The average molecular weight is 389 g/mol. The van der Waals surface area contributed by atoms with E-state index in [-0.39, 0.29) is 29.5 Å². The molecule has 2 aliphatic rings. The zero-order valence-electron chi connectivity index (χ0n) is 15.4. The van der Waals surface area contributed by atoms with Gasteiger partial charge in [0.25, 0.3) is 5.91 Å². The lowest BCUT2D eigenvalue weighted by molar-refractivity contribution is 0.0674. The molecule has 1 saturated heterocycles. The van der Waals surface area contributed by atoms with E-state index in [9.17, 15) is 13.2 Å². The second-order valence-corrected chi connectivity index (χ2v) is 9.52. The van der Waals surface area contributed by atoms with Gasteiger partial charge in [0.05, 0.1) is 18.6 Å². The number of nitrogens with zero attached hydrogens (tertiary/aromatic N) is 2. The Labute approximate surface area is 158 Å². The highest BCUT2D eigenvalue weighted by atomic mass is 32.2. The highest BCUT2D eigenvalue weighted by Crippen LogP contribution is 2.34. The first-order chi connectivity index (χ1) is 12.9. The van der Waals surface area contributed by atoms with Gasteiger partial charge in [-0.1, -0.05) is 12.1 Å². The van der Waals surface area contributed by atoms with Gasteiger partial charge in [0, 0.05) is 23.3 Å². The number of aryl methyl sites for hydroxylation is 1. The molecule has 8 heteroatoms. The quantitative estimate of drug-likeness (QED) is 0.846. The third-order valence-electron chi connectivity index (χ3n) is 5.21. The van der Waals surface area contributed by atoms with Crippen LogP contribution >= 0.6 is 0 Å². The summed E-state index contributed by atoms with van der Waals surface area (Å²) in [7, 11) is -1.45. The van der Waals surface area contributed by atoms with Crippen LogP contribution in [0.5, 0.6) is 5.75 Å². The SMILES string of the molecule is COc1cccc(-c2nc(C(=O)N(C3CC3)[C@H]3CCS(=O)(=O)C3)c(C)[nH]2)c1. The minimum Gasteiger partial charge on any atom is -0.497 e. The number of sulfone groups is 1. The maximum Gasteiger partial charge on any atom is 0.274 e. The molecule has 1 N–H and O–H groups in total. The molecule has 2 fully saturated rings. The summed E-state index contributed by atoms with van der Waals surface area (Å²) in [6.07, 6.45) is 2.36. The van der Waals surface area contributed by atoms with Gasteiger partial charge in [-0.05, 0) is 38.3 Å². The van der Waals surface area contributed by atoms with Crippen molar-refractivity contribution in [2.45, 2.75) is 38.3 Å². The minimum atomic E-state index is -3.05. The second kappa shape index (κ2) is 6.67. The maximum atomic E-state index is 13.2. The van der Waals surface area contributed by atoms with Crippen molar-refractivity contribution >= 4 is 15.7 Å². The molecule has 2 aromatic rings. The molecule has 4 rings (SSSR count). The molecular weight excluding hydrogens is 366 g/mol. The molecule has 1 aromatic carbocycles. The summed E-state index contributed by atoms with van der Waals surface area (Å²) in [6, 6.07) is 7.36. The lowest BCUT2D eigenvalue weighted by Gasteiger charge is -2.27. The van der Waals surface area contributed by atoms with E-state index < -0.39 is 9.84 Å². The van der Waals surface area contributed by atoms with Crippen LogP contribution in [0.2, 0.25) is 0 Å². The summed E-state index contributed by atoms with van der Waals surface area (Å²) in [4.78, 5) is 22.7. The van der Waals surface area contributed by atoms with E-state index in [1.807, 2.05) is 31.2 Å². The van der Waals surface area contributed by atoms with E-state index in [0.29, 0.717) is 29.4 Å². The number of hydrogen-bond acceptors (Lipinski definition) is 5. The number of methoxy groups -OCH3 is 1. The monoisotopic (exact) mass is 389 g/mol. The third kappa shape index (κ3) is 3.58. The Morgan fingerprint density at radius 3 is 2.67 bits per heavy atom. The summed E-state index contributed by atoms with van der Waals surface area (Å²) in [6.45, 7) is 1.82. The first-order valence-electron chi connectivity index (χ1n) is 9.12. The smallest absolute Gasteiger partial charge is 0.274 e. The summed E-state index contributed by atoms with van der Waals surface area (Å²) < 4.78 is 29.0. The normalized spacial score (nSPS) is 21.2. The van der Waals surface area contributed by atoms with Gasteiger partial charge >= 0.3 is 0 Å². The predicted octanol–water partition coefficient (Wildman–Crippen LogP) is 2.19. The number of imidazole rings is 1. The first-order valence-corrected chi connectivity index (χ1v) is 10.9. The number of amides is 1. The van der Waals surface area contributed by atoms with E-state index in [2.05, 4.69) is 9.97 Å². The van der Waals surface area contributed by atoms with E-state index >= 15 is 0 Å². The number of ether oxygens (including phenoxy) is 1. The molecule has 0 spiro atoms. The van der Waals surface area contributed by atoms with Crippen LogP contribution in [0.25, 0.3) is 11.4 Å². The van der Waals surface area contributed by atoms with Gasteiger partial charge < -0.3 is 14.6 Å². The molecule has 1 amide bonds. The van der Waals surface area contributed by atoms with Crippen molar-refractivity contribution in [1.82, 2.24) is 14.9 Å². The molecule has 0 unspecified atom stereocenters. The van der Waals surface area contributed by atoms with Crippen LogP contribution in [0.15, 0.2) is 24.3 Å². The standard InChI is InChI=1S/C19H23N3O4S/c1-12-17(21-18(20-12)13-4-3-5-16(10-13)26-2)19(23)22(14-6-7-14)15-8-9-27(24,25)11-15/h3-5,10,14-15H,6-9,11H2,1-2H3,(H,20,21)/t15-/m0/s1. The number of hydrogen-bond donors (Lipinski definition) is 1. The van der Waals surface area contributed by atoms with E-state index in [4.69, 9.17) is 4.74 Å². The molecule has 144 valence electrons. The van der Waals surface area contributed by atoms with Gasteiger partial charge in [0.2, 0.25) is 0 Å². The van der Waals surface area contributed by atoms with E-state index in [1.165, 1.54) is 0 Å². The molecule has 1 aliphatic heterocycles. The van der Waals surface area contributed by atoms with Gasteiger partial charge in [0.15, 0.2) is 9.84 Å². The number of aromatic nitrogens is 2. The second-order valence-electron chi connectivity index (χ2n) is 7.29. The number of benzene rings is 1. The lowest BCUT2D eigenvalue weighted by atomic mass is 10.2. The zero-order valence-corrected chi connectivity index (χ0v) is 16.3. The molecule has 0 radical (unpaired) electrons. The van der Waals surface area contributed by atoms with Crippen molar-refractivity contribution < 1.29 is 17.9 Å². The Balaban J connectivity index is 1.64. The van der Waals surface area contributed by atoms with Gasteiger partial charge in [-0.3, -0.25) is 4.79 Å². The highest BCUT2D eigenvalue weighted by molar-refractivity contribution is 7.91. The molecular formula is C19H23N3O4S. The fourth-order valence-corrected chi connectivity index (χ4v) is 5.39. The van der Waals surface area contributed by atoms with Crippen molar-refractivity contribution in [3.63, 3.8) is 0 Å². The molecule has 1 atom stereocenters. The van der Waals surface area contributed by atoms with Gasteiger partial charge in [-0.25, -0.2) is 13.4 Å². The Hall–Kier alpha value is -2.35. The van der Waals surface area contributed by atoms with Crippen LogP contribution < -0.4 is 4.74 Å². The lowest BCUT2D eigenvalue weighted by Crippen LogP contribution is -2.43. The molecule has 7 nitrogen and oxygen atoms in total. The van der Waals surface area contributed by atoms with Gasteiger partial charge in [0.1, 0.15) is 17.3 Å². The van der Waals surface area contributed by atoms with Crippen molar-refractivity contribution in [3.05, 3.63) is 35.7 Å². The molecule has 1 saturated carbocycles. The molecule has 1 aliphatic carbocycles. The molecule has 27 heavy (non-hydrogen) atoms. The number of carbonyl (C=O) groups excluding carboxylic acids is 1. The molecule has 0 bridgehead atoms. The average Bonchev–Trinajstić information content (AvgIpc) is 3.30. The summed E-state index contributed by atoms with van der Waals surface area (Å²) in [5, 5.41) is 0. The minimum absolute atomic E-state index is 0.0570. The number of carbonyl (C=O) groups is 1. The fourth-order valence-electron chi connectivity index (χ4n) is 3.68. The van der Waals surface area contributed by atoms with Gasteiger partial charge in [-0.15, -0.1) is 0 Å². The van der Waals surface area contributed by atoms with Crippen molar-refractivity contribution in [2.75, 3.05) is 18.6 Å². The van der Waals surface area contributed by atoms with Crippen molar-refractivity contribution in [1.29, 1.82) is 0 Å². The Bertz CT molecular complexity index is 979. The van der Waals surface area contributed by atoms with E-state index in [0.717, 1.165) is 18.4 Å². The summed E-state index contributed by atoms with van der Waals surface area (Å²) in [5.41, 5.74) is 1.88. The fraction of sp³-hybridized carbons (Fsp3) is 0.474. The van der Waals surface area contributed by atoms with Crippen LogP contribution in [-0.4, -0.2) is 59.9 Å². The number of nitrogens with one attached hydrogen (secondary N) is 1. The third-order valence-corrected chi connectivity index (χ3v) is 6.96. The summed E-state index contributed by atoms with van der Waals surface area (Å²) >= 11 is 0. The van der Waals surface area contributed by atoms with Crippen molar-refractivity contribution in [3.8, 4) is 17.1 Å². The van der Waals surface area contributed by atoms with Crippen LogP contribution in [0.4, 0.5) is 0 Å². The molecule has 1 aromatic heterocycles. The van der Waals surface area contributed by atoms with Crippen LogP contribution in [0.1, 0.15) is 35.4 Å². The van der Waals surface area contributed by atoms with Crippen LogP contribution in [0, 0.1) is 6.92 Å². The Morgan fingerprint density at radius 1 is 1.26 bits per heavy atom. The highest BCUT2D eigenvalue weighted by Gasteiger charge is 2.43.